The van der Waals surface area contributed by atoms with Crippen molar-refractivity contribution in [2.75, 3.05) is 0 Å². The number of hydrogen-bond acceptors (Lipinski definition) is 4. The average molecular weight is 1210 g/mol. The van der Waals surface area contributed by atoms with Gasteiger partial charge in [-0.15, -0.1) is 0 Å². The summed E-state index contributed by atoms with van der Waals surface area (Å²) in [6.45, 7) is 26.5. The topological polar surface area (TPSA) is 72.3 Å². The SMILES string of the molecule is Cc1cc(C)c(-c2ccc3c(c2)c2cc(-c4c(C)cc(C)cc4C)ccc2n3-c2ccc(-c3nc(-c4ccccc4)nc(-c4ccccc4)n3)c(-c3cc(C#N)ccc3-n3c4ccc(-c5c(C)cc(C)cc5C)cc4c4cc(-c5c(C)cc(C)cc5C)ccc43)c2)c(C)c1. The number of hydrogen-bond donors (Lipinski definition) is 0. The molecule has 0 atom stereocenters. The summed E-state index contributed by atoms with van der Waals surface area (Å²) in [6.07, 6.45) is 0. The molecule has 0 amide bonds. The molecular formula is C88H72N6. The summed E-state index contributed by atoms with van der Waals surface area (Å²) >= 11 is 0. The van der Waals surface area contributed by atoms with E-state index in [1.165, 1.54) is 111 Å². The Kier molecular flexibility index (Phi) is 14.5. The molecule has 0 aliphatic rings. The van der Waals surface area contributed by atoms with Crippen molar-refractivity contribution in [2.24, 2.45) is 0 Å². The van der Waals surface area contributed by atoms with Gasteiger partial charge in [0.2, 0.25) is 0 Å². The molecule has 0 N–H and O–H groups in total. The Labute approximate surface area is 550 Å². The van der Waals surface area contributed by atoms with Crippen LogP contribution in [-0.2, 0) is 0 Å². The molecule has 6 heteroatoms. The number of benzene rings is 12. The minimum absolute atomic E-state index is 0.510. The second kappa shape index (κ2) is 23.1. The molecular weight excluding hydrogens is 1140 g/mol. The zero-order valence-electron chi connectivity index (χ0n) is 55.5. The third-order valence-corrected chi connectivity index (χ3v) is 19.3. The Hall–Kier alpha value is -11.3. The Balaban J connectivity index is 1.04. The highest BCUT2D eigenvalue weighted by molar-refractivity contribution is 6.14. The van der Waals surface area contributed by atoms with Crippen LogP contribution in [0.4, 0.5) is 0 Å². The van der Waals surface area contributed by atoms with Gasteiger partial charge < -0.3 is 9.13 Å². The lowest BCUT2D eigenvalue weighted by Gasteiger charge is -2.19. The van der Waals surface area contributed by atoms with Gasteiger partial charge in [0.15, 0.2) is 17.5 Å². The van der Waals surface area contributed by atoms with E-state index in [0.29, 0.717) is 23.0 Å². The predicted molar refractivity (Wildman–Crippen MR) is 394 cm³/mol. The van der Waals surface area contributed by atoms with Crippen molar-refractivity contribution in [3.05, 3.63) is 291 Å². The van der Waals surface area contributed by atoms with Gasteiger partial charge >= 0.3 is 0 Å². The van der Waals surface area contributed by atoms with Gasteiger partial charge in [-0.3, -0.25) is 0 Å². The van der Waals surface area contributed by atoms with Crippen LogP contribution in [0.3, 0.4) is 0 Å². The summed E-state index contributed by atoms with van der Waals surface area (Å²) in [5.74, 6) is 1.63. The van der Waals surface area contributed by atoms with Crippen LogP contribution in [0.2, 0.25) is 0 Å². The standard InChI is InChI=1S/C88H72N6/c1-50-35-54(5)82(55(6)36-50)65-24-31-77-73(44-65)74-45-66(83-56(7)37-51(2)38-57(83)8)25-32-78(74)93(77)69-28-29-70(88-91-86(63-19-15-13-16-20-63)90-87(92-88)64-21-17-14-18-22-64)71(48-69)72-43-62(49-89)23-30-79(72)94-80-33-26-67(84-58(9)39-52(3)40-59(84)10)46-75(80)76-47-68(27-34-81(76)94)85-60(11)41-53(4)42-61(85)12/h13-48H,1-12H3. The summed E-state index contributed by atoms with van der Waals surface area (Å²) in [5.41, 5.74) is 35.6. The fourth-order valence-electron chi connectivity index (χ4n) is 15.8. The van der Waals surface area contributed by atoms with Crippen LogP contribution in [-0.4, -0.2) is 24.1 Å². The highest BCUT2D eigenvalue weighted by Crippen LogP contribution is 2.46. The molecule has 0 aliphatic heterocycles. The van der Waals surface area contributed by atoms with E-state index in [9.17, 15) is 5.26 Å². The Bertz CT molecular complexity index is 5310. The zero-order valence-corrected chi connectivity index (χ0v) is 55.5. The summed E-state index contributed by atoms with van der Waals surface area (Å²) in [5, 5.41) is 15.7. The number of fused-ring (bicyclic) bond motifs is 6. The maximum absolute atomic E-state index is 11.1. The van der Waals surface area contributed by atoms with Crippen molar-refractivity contribution >= 4 is 43.6 Å². The van der Waals surface area contributed by atoms with Crippen LogP contribution in [0, 0.1) is 94.4 Å². The molecule has 0 fully saturated rings. The van der Waals surface area contributed by atoms with Crippen molar-refractivity contribution in [3.63, 3.8) is 0 Å². The van der Waals surface area contributed by atoms with E-state index >= 15 is 0 Å². The monoisotopic (exact) mass is 1210 g/mol. The van der Waals surface area contributed by atoms with E-state index in [2.05, 4.69) is 274 Å². The predicted octanol–water partition coefficient (Wildman–Crippen LogP) is 23.0. The first-order chi connectivity index (χ1) is 45.5. The van der Waals surface area contributed by atoms with E-state index < -0.39 is 0 Å². The molecule has 0 unspecified atom stereocenters. The fraction of sp³-hybridized carbons (Fsp3) is 0.136. The third-order valence-electron chi connectivity index (χ3n) is 19.3. The fourth-order valence-corrected chi connectivity index (χ4v) is 15.8. The van der Waals surface area contributed by atoms with Gasteiger partial charge in [-0.2, -0.15) is 5.26 Å². The molecule has 3 aromatic heterocycles. The van der Waals surface area contributed by atoms with Crippen LogP contribution in [0.25, 0.3) is 145 Å². The lowest BCUT2D eigenvalue weighted by molar-refractivity contribution is 1.07. The lowest BCUT2D eigenvalue weighted by atomic mass is 9.91. The first-order valence-electron chi connectivity index (χ1n) is 32.5. The minimum atomic E-state index is 0.510. The number of nitrogens with zero attached hydrogens (tertiary/aromatic N) is 6. The lowest BCUT2D eigenvalue weighted by Crippen LogP contribution is -2.04. The molecule has 0 aliphatic carbocycles. The van der Waals surface area contributed by atoms with Crippen LogP contribution in [0.15, 0.2) is 218 Å². The van der Waals surface area contributed by atoms with Gasteiger partial charge in [0.25, 0.3) is 0 Å². The highest BCUT2D eigenvalue weighted by Gasteiger charge is 2.26. The van der Waals surface area contributed by atoms with Crippen LogP contribution < -0.4 is 0 Å². The molecule has 0 radical (unpaired) electrons. The molecule has 15 aromatic rings. The molecule has 0 saturated carbocycles. The van der Waals surface area contributed by atoms with E-state index in [-0.39, 0.29) is 0 Å². The highest BCUT2D eigenvalue weighted by atomic mass is 15.0. The molecule has 454 valence electrons. The summed E-state index contributed by atoms with van der Waals surface area (Å²) in [7, 11) is 0. The number of aryl methyl sites for hydroxylation is 12. The number of aromatic nitrogens is 5. The van der Waals surface area contributed by atoms with Crippen molar-refractivity contribution < 1.29 is 0 Å². The summed E-state index contributed by atoms with van der Waals surface area (Å²) < 4.78 is 4.84. The molecule has 3 heterocycles. The van der Waals surface area contributed by atoms with E-state index in [1.54, 1.807) is 0 Å². The van der Waals surface area contributed by atoms with Gasteiger partial charge in [0.05, 0.1) is 39.4 Å². The first kappa shape index (κ1) is 59.1. The first-order valence-corrected chi connectivity index (χ1v) is 32.5. The molecule has 94 heavy (non-hydrogen) atoms. The quantitative estimate of drug-likeness (QED) is 0.137. The van der Waals surface area contributed by atoms with E-state index in [4.69, 9.17) is 15.0 Å². The normalized spacial score (nSPS) is 11.6. The van der Waals surface area contributed by atoms with Gasteiger partial charge in [0, 0.05) is 49.5 Å². The Morgan fingerprint density at radius 2 is 0.617 bits per heavy atom. The van der Waals surface area contributed by atoms with Crippen molar-refractivity contribution in [3.8, 4) is 107 Å². The third kappa shape index (κ3) is 10.2. The molecule has 0 spiro atoms. The minimum Gasteiger partial charge on any atom is -0.309 e. The molecule has 12 aromatic carbocycles. The van der Waals surface area contributed by atoms with E-state index in [0.717, 1.165) is 82.8 Å². The molecule has 15 rings (SSSR count). The average Bonchev–Trinajstić information content (AvgIpc) is 1.56. The van der Waals surface area contributed by atoms with Gasteiger partial charge in [-0.1, -0.05) is 156 Å². The number of rotatable bonds is 10. The van der Waals surface area contributed by atoms with Crippen LogP contribution in [0.1, 0.15) is 72.3 Å². The second-order valence-electron chi connectivity index (χ2n) is 26.3. The molecule has 6 nitrogen and oxygen atoms in total. The van der Waals surface area contributed by atoms with Gasteiger partial charge in [-0.05, 0) is 263 Å². The van der Waals surface area contributed by atoms with Gasteiger partial charge in [-0.25, -0.2) is 15.0 Å². The van der Waals surface area contributed by atoms with Crippen molar-refractivity contribution in [2.45, 2.75) is 83.1 Å². The molecule has 0 bridgehead atoms. The van der Waals surface area contributed by atoms with Crippen molar-refractivity contribution in [1.29, 1.82) is 5.26 Å². The zero-order chi connectivity index (χ0) is 65.0. The Morgan fingerprint density at radius 1 is 0.277 bits per heavy atom. The second-order valence-corrected chi connectivity index (χ2v) is 26.3. The van der Waals surface area contributed by atoms with Crippen LogP contribution >= 0.6 is 0 Å². The maximum atomic E-state index is 11.1. The smallest absolute Gasteiger partial charge is 0.164 e. The van der Waals surface area contributed by atoms with E-state index in [1.807, 2.05) is 42.5 Å². The Morgan fingerprint density at radius 3 is 0.968 bits per heavy atom. The van der Waals surface area contributed by atoms with Gasteiger partial charge in [0.1, 0.15) is 0 Å². The van der Waals surface area contributed by atoms with Crippen LogP contribution in [0.5, 0.6) is 0 Å². The largest absolute Gasteiger partial charge is 0.309 e. The van der Waals surface area contributed by atoms with Crippen molar-refractivity contribution in [1.82, 2.24) is 24.1 Å². The number of nitriles is 1. The summed E-state index contributed by atoms with van der Waals surface area (Å²) in [6, 6.07) is 82.1. The maximum Gasteiger partial charge on any atom is 0.164 e. The summed E-state index contributed by atoms with van der Waals surface area (Å²) in [4.78, 5) is 16.1. The molecule has 0 saturated heterocycles.